The predicted molar refractivity (Wildman–Crippen MR) is 74.4 cm³/mol. The molecule has 0 aliphatic carbocycles. The zero-order chi connectivity index (χ0) is 12.1. The highest BCUT2D eigenvalue weighted by Gasteiger charge is 2.16. The van der Waals surface area contributed by atoms with Gasteiger partial charge in [-0.25, -0.2) is 0 Å². The highest BCUT2D eigenvalue weighted by Crippen LogP contribution is 2.13. The van der Waals surface area contributed by atoms with Crippen LogP contribution in [0.4, 0.5) is 5.69 Å². The van der Waals surface area contributed by atoms with E-state index in [1.165, 1.54) is 0 Å². The number of anilines is 1. The van der Waals surface area contributed by atoms with Crippen molar-refractivity contribution < 1.29 is 4.74 Å². The molecule has 1 fully saturated rings. The van der Waals surface area contributed by atoms with E-state index in [9.17, 15) is 0 Å². The fourth-order valence-electron chi connectivity index (χ4n) is 1.89. The molecule has 1 heterocycles. The first-order chi connectivity index (χ1) is 8.27. The van der Waals surface area contributed by atoms with Gasteiger partial charge in [-0.15, -0.1) is 0 Å². The molecule has 92 valence electrons. The molecule has 2 rings (SSSR count). The van der Waals surface area contributed by atoms with Crippen molar-refractivity contribution in [3.8, 4) is 0 Å². The minimum Gasteiger partial charge on any atom is -0.376 e. The quantitative estimate of drug-likeness (QED) is 0.831. The third-order valence-corrected chi connectivity index (χ3v) is 3.37. The van der Waals surface area contributed by atoms with Gasteiger partial charge in [0.25, 0.3) is 0 Å². The monoisotopic (exact) mass is 250 g/mol. The lowest BCUT2D eigenvalue weighted by Gasteiger charge is -2.22. The van der Waals surface area contributed by atoms with Crippen LogP contribution in [0.15, 0.2) is 30.3 Å². The Morgan fingerprint density at radius 1 is 1.47 bits per heavy atom. The largest absolute Gasteiger partial charge is 0.376 e. The van der Waals surface area contributed by atoms with E-state index in [0.717, 1.165) is 36.8 Å². The van der Waals surface area contributed by atoms with Crippen LogP contribution < -0.4 is 10.2 Å². The fourth-order valence-corrected chi connectivity index (χ4v) is 2.08. The molecule has 4 heteroatoms. The number of hydrogen-bond donors (Lipinski definition) is 1. The Bertz CT molecular complexity index is 363. The van der Waals surface area contributed by atoms with E-state index in [1.807, 2.05) is 42.3 Å². The number of nitrogens with one attached hydrogen (secondary N) is 1. The van der Waals surface area contributed by atoms with Crippen LogP contribution in [0.1, 0.15) is 12.8 Å². The van der Waals surface area contributed by atoms with E-state index < -0.39 is 0 Å². The Morgan fingerprint density at radius 2 is 2.24 bits per heavy atom. The molecular weight excluding hydrogens is 232 g/mol. The van der Waals surface area contributed by atoms with Crippen LogP contribution in [0, 0.1) is 0 Å². The number of thiocarbonyl (C=S) groups is 1. The van der Waals surface area contributed by atoms with Crippen LogP contribution in [0.3, 0.4) is 0 Å². The zero-order valence-corrected chi connectivity index (χ0v) is 10.9. The first-order valence-corrected chi connectivity index (χ1v) is 6.36. The molecule has 1 aliphatic heterocycles. The van der Waals surface area contributed by atoms with Gasteiger partial charge in [0.05, 0.1) is 6.10 Å². The molecule has 0 aromatic heterocycles. The van der Waals surface area contributed by atoms with Crippen LogP contribution >= 0.6 is 12.2 Å². The molecule has 1 N–H and O–H groups in total. The van der Waals surface area contributed by atoms with E-state index in [-0.39, 0.29) is 0 Å². The van der Waals surface area contributed by atoms with Crippen molar-refractivity contribution in [1.29, 1.82) is 0 Å². The molecule has 0 unspecified atom stereocenters. The molecule has 0 spiro atoms. The Labute approximate surface area is 108 Å². The summed E-state index contributed by atoms with van der Waals surface area (Å²) in [6, 6.07) is 10.1. The van der Waals surface area contributed by atoms with Crippen LogP contribution in [-0.2, 0) is 4.74 Å². The van der Waals surface area contributed by atoms with Gasteiger partial charge in [-0.2, -0.15) is 0 Å². The van der Waals surface area contributed by atoms with Crippen LogP contribution in [0.5, 0.6) is 0 Å². The Kier molecular flexibility index (Phi) is 4.34. The maximum Gasteiger partial charge on any atom is 0.173 e. The summed E-state index contributed by atoms with van der Waals surface area (Å²) >= 11 is 5.35. The number of ether oxygens (including phenoxy) is 1. The molecule has 0 bridgehead atoms. The molecule has 1 saturated heterocycles. The minimum atomic E-state index is 0.317. The normalized spacial score (nSPS) is 19.0. The van der Waals surface area contributed by atoms with Crippen LogP contribution in [0.2, 0.25) is 0 Å². The van der Waals surface area contributed by atoms with Gasteiger partial charge in [-0.3, -0.25) is 0 Å². The number of rotatable bonds is 3. The topological polar surface area (TPSA) is 24.5 Å². The summed E-state index contributed by atoms with van der Waals surface area (Å²) in [4.78, 5) is 1.98. The van der Waals surface area contributed by atoms with Crippen molar-refractivity contribution in [3.63, 3.8) is 0 Å². The lowest BCUT2D eigenvalue weighted by molar-refractivity contribution is 0.114. The third kappa shape index (κ3) is 3.41. The lowest BCUT2D eigenvalue weighted by atomic mass is 10.2. The fraction of sp³-hybridized carbons (Fsp3) is 0.462. The second kappa shape index (κ2) is 5.98. The lowest BCUT2D eigenvalue weighted by Crippen LogP contribution is -2.40. The number of para-hydroxylation sites is 1. The van der Waals surface area contributed by atoms with Crippen molar-refractivity contribution in [2.24, 2.45) is 0 Å². The average Bonchev–Trinajstić information content (AvgIpc) is 2.89. The smallest absolute Gasteiger partial charge is 0.173 e. The van der Waals surface area contributed by atoms with Crippen molar-refractivity contribution in [1.82, 2.24) is 5.32 Å². The number of hydrogen-bond acceptors (Lipinski definition) is 2. The van der Waals surface area contributed by atoms with Crippen LogP contribution in [0.25, 0.3) is 0 Å². The van der Waals surface area contributed by atoms with Crippen molar-refractivity contribution >= 4 is 23.0 Å². The van der Waals surface area contributed by atoms with E-state index in [4.69, 9.17) is 17.0 Å². The maximum absolute atomic E-state index is 5.55. The van der Waals surface area contributed by atoms with E-state index in [1.54, 1.807) is 0 Å². The molecule has 3 nitrogen and oxygen atoms in total. The second-order valence-corrected chi connectivity index (χ2v) is 4.60. The Hall–Kier alpha value is -1.13. The van der Waals surface area contributed by atoms with Gasteiger partial charge in [-0.05, 0) is 37.2 Å². The number of nitrogens with zero attached hydrogens (tertiary/aromatic N) is 1. The summed E-state index contributed by atoms with van der Waals surface area (Å²) in [5, 5.41) is 4.00. The zero-order valence-electron chi connectivity index (χ0n) is 10.1. The van der Waals surface area contributed by atoms with E-state index in [0.29, 0.717) is 6.10 Å². The standard InChI is InChI=1S/C13H18N2OS/c1-15(11-6-3-2-4-7-11)13(17)14-10-12-8-5-9-16-12/h2-4,6-7,12H,5,8-10H2,1H3,(H,14,17)/t12-/m0/s1. The Balaban J connectivity index is 1.83. The van der Waals surface area contributed by atoms with Crippen molar-refractivity contribution in [2.45, 2.75) is 18.9 Å². The molecule has 1 aromatic carbocycles. The summed E-state index contributed by atoms with van der Waals surface area (Å²) in [6.07, 6.45) is 2.61. The predicted octanol–water partition coefficient (Wildman–Crippen LogP) is 2.18. The van der Waals surface area contributed by atoms with Gasteiger partial charge in [0.2, 0.25) is 0 Å². The second-order valence-electron chi connectivity index (χ2n) is 4.22. The van der Waals surface area contributed by atoms with E-state index in [2.05, 4.69) is 5.32 Å². The first kappa shape index (κ1) is 12.3. The summed E-state index contributed by atoms with van der Waals surface area (Å²) < 4.78 is 5.55. The van der Waals surface area contributed by atoms with Gasteiger partial charge < -0.3 is 15.0 Å². The highest BCUT2D eigenvalue weighted by atomic mass is 32.1. The molecule has 17 heavy (non-hydrogen) atoms. The summed E-state index contributed by atoms with van der Waals surface area (Å²) in [5.41, 5.74) is 1.09. The summed E-state index contributed by atoms with van der Waals surface area (Å²) in [5.74, 6) is 0. The average molecular weight is 250 g/mol. The SMILES string of the molecule is CN(C(=S)NC[C@@H]1CCCO1)c1ccccc1. The first-order valence-electron chi connectivity index (χ1n) is 5.95. The van der Waals surface area contributed by atoms with Crippen molar-refractivity contribution in [3.05, 3.63) is 30.3 Å². The highest BCUT2D eigenvalue weighted by molar-refractivity contribution is 7.80. The van der Waals surface area contributed by atoms with Gasteiger partial charge in [0.1, 0.15) is 0 Å². The maximum atomic E-state index is 5.55. The minimum absolute atomic E-state index is 0.317. The molecular formula is C13H18N2OS. The van der Waals surface area contributed by atoms with Crippen LogP contribution in [-0.4, -0.2) is 31.4 Å². The molecule has 0 radical (unpaired) electrons. The molecule has 1 aromatic rings. The number of benzene rings is 1. The summed E-state index contributed by atoms with van der Waals surface area (Å²) in [6.45, 7) is 1.68. The molecule has 1 atom stereocenters. The summed E-state index contributed by atoms with van der Waals surface area (Å²) in [7, 11) is 1.97. The van der Waals surface area contributed by atoms with Gasteiger partial charge >= 0.3 is 0 Å². The van der Waals surface area contributed by atoms with E-state index >= 15 is 0 Å². The Morgan fingerprint density at radius 3 is 2.88 bits per heavy atom. The molecule has 1 aliphatic rings. The van der Waals surface area contributed by atoms with Gasteiger partial charge in [0.15, 0.2) is 5.11 Å². The van der Waals surface area contributed by atoms with Gasteiger partial charge in [0, 0.05) is 25.9 Å². The van der Waals surface area contributed by atoms with Crippen molar-refractivity contribution in [2.75, 3.05) is 25.1 Å². The third-order valence-electron chi connectivity index (χ3n) is 2.95. The van der Waals surface area contributed by atoms with Gasteiger partial charge in [-0.1, -0.05) is 18.2 Å². The molecule has 0 amide bonds. The molecule has 0 saturated carbocycles.